The molecular formula is C71H95ClN10O18S4. The van der Waals surface area contributed by atoms with Crippen LogP contribution in [-0.4, -0.2) is 198 Å². The standard InChI is InChI=1S/C33H40N4O9S2.C24H22ClNO6S2.C8H18N4O3.C6H15N/c1-4-37(5-2)25-8-11-28-31(22-25)46-30-21-24(3)7-10-27(30)33(28)29-12-9-26(23-32(29)48(40,41)42)47(38,39)20-6-14-43-16-18-45-19-17-44-15-13-35-36-34;1-4-26(5-2)16-7-10-19-22(13-16)32-21-12-15(3)6-9-18(21)24(19)20-11-8-17(33(25,27)28)14-23(20)34(29,30)31;9-1-3-13-5-7-15-8-6-14-4-2-11-12-10;1-4-7(5-2)6-3/h7-12,21-23H,4-6,13-20H2,1-3H3;6-14H,4-5H2,1-3H3;1-9H2;4-6H2,1-3H3. The topological polar surface area (TPSA) is 397 Å². The van der Waals surface area contributed by atoms with Crippen LogP contribution in [0.2, 0.25) is 0 Å². The van der Waals surface area contributed by atoms with E-state index in [2.05, 4.69) is 54.9 Å². The Balaban J connectivity index is 0.000000299. The van der Waals surface area contributed by atoms with Crippen LogP contribution < -0.4 is 25.6 Å². The molecule has 2 aliphatic carbocycles. The van der Waals surface area contributed by atoms with Gasteiger partial charge in [-0.05, 0) is 138 Å². The lowest BCUT2D eigenvalue weighted by atomic mass is 9.93. The third-order valence-electron chi connectivity index (χ3n) is 16.2. The van der Waals surface area contributed by atoms with Gasteiger partial charge in [0, 0.05) is 103 Å². The lowest BCUT2D eigenvalue weighted by Crippen LogP contribution is -2.29. The molecule has 0 fully saturated rings. The number of benzene rings is 6. The minimum Gasteiger partial charge on any atom is -0.744 e. The smallest absolute Gasteiger partial charge is 0.261 e. The van der Waals surface area contributed by atoms with Gasteiger partial charge < -0.3 is 57.0 Å². The number of aryl methyl sites for hydroxylation is 2. The molecule has 0 amide bonds. The number of azide groups is 2. The summed E-state index contributed by atoms with van der Waals surface area (Å²) in [5.41, 5.74) is 26.5. The summed E-state index contributed by atoms with van der Waals surface area (Å²) in [7, 11) is -12.9. The van der Waals surface area contributed by atoms with Gasteiger partial charge in [0.1, 0.15) is 69.1 Å². The molecule has 0 spiro atoms. The molecule has 0 radical (unpaired) electrons. The highest BCUT2D eigenvalue weighted by atomic mass is 35.7. The predicted octanol–water partition coefficient (Wildman–Crippen LogP) is 10.6. The van der Waals surface area contributed by atoms with Gasteiger partial charge in [-0.2, -0.15) is 0 Å². The molecule has 28 nitrogen and oxygen atoms in total. The van der Waals surface area contributed by atoms with Crippen LogP contribution in [0, 0.1) is 13.8 Å². The summed E-state index contributed by atoms with van der Waals surface area (Å²) in [5, 5.41) is 9.70. The predicted molar refractivity (Wildman–Crippen MR) is 400 cm³/mol. The molecule has 0 saturated heterocycles. The Morgan fingerprint density at radius 1 is 0.481 bits per heavy atom. The van der Waals surface area contributed by atoms with Gasteiger partial charge in [0.15, 0.2) is 9.84 Å². The number of halogens is 1. The van der Waals surface area contributed by atoms with Crippen molar-refractivity contribution < 1.29 is 80.0 Å². The number of rotatable bonds is 37. The largest absolute Gasteiger partial charge is 0.744 e. The summed E-state index contributed by atoms with van der Waals surface area (Å²) in [6.07, 6.45) is 0.149. The highest BCUT2D eigenvalue weighted by Gasteiger charge is 2.27. The SMILES string of the molecule is CCN(CC)CC.CC[N+](CC)=c1ccc2c(-c3ccc(S(=O)(=O)CCCOCCOCCOCCN=[N+]=[N-])cc3S(=O)(=O)[O-])c3ccc(C)cc3oc-2c1.CC[N+](CC)=c1ccc2c(-c3ccc(S(=O)(=O)Cl)cc3S(=O)(=O)[O-])c3ccc(C)cc3oc-2c1.[N-]=[N+]=NCCOCCOCCOCCN. The summed E-state index contributed by atoms with van der Waals surface area (Å²) in [4.78, 5) is 5.57. The third-order valence-corrected chi connectivity index (χ3v) is 21.1. The van der Waals surface area contributed by atoms with Crippen molar-refractivity contribution in [1.82, 2.24) is 14.1 Å². The van der Waals surface area contributed by atoms with E-state index in [-0.39, 0.29) is 54.6 Å². The van der Waals surface area contributed by atoms with Gasteiger partial charge in [-0.1, -0.05) is 67.4 Å². The zero-order valence-corrected chi connectivity index (χ0v) is 64.3. The number of hydrogen-bond acceptors (Lipinski definition) is 22. The first-order chi connectivity index (χ1) is 49.7. The van der Waals surface area contributed by atoms with Crippen molar-refractivity contribution in [3.8, 4) is 44.9 Å². The minimum atomic E-state index is -5.11. The molecule has 0 atom stereocenters. The van der Waals surface area contributed by atoms with E-state index in [1.54, 1.807) is 12.1 Å². The molecule has 0 aromatic heterocycles. The zero-order valence-electron chi connectivity index (χ0n) is 60.3. The van der Waals surface area contributed by atoms with E-state index in [0.717, 1.165) is 60.2 Å². The van der Waals surface area contributed by atoms with Gasteiger partial charge in [-0.3, -0.25) is 0 Å². The number of ether oxygens (including phenoxy) is 6. The van der Waals surface area contributed by atoms with Gasteiger partial charge in [-0.25, -0.2) is 42.8 Å². The average molecular weight is 1540 g/mol. The van der Waals surface area contributed by atoms with Crippen LogP contribution >= 0.6 is 10.7 Å². The van der Waals surface area contributed by atoms with E-state index >= 15 is 0 Å². The Hall–Kier alpha value is -7.43. The van der Waals surface area contributed by atoms with Crippen molar-refractivity contribution in [2.45, 2.75) is 88.3 Å². The maximum atomic E-state index is 13.2. The third kappa shape index (κ3) is 26.6. The van der Waals surface area contributed by atoms with E-state index in [1.807, 2.05) is 102 Å². The fraction of sp³-hybridized carbons (Fsp3) is 0.465. The number of nitrogens with zero attached hydrogens (tertiary/aromatic N) is 9. The van der Waals surface area contributed by atoms with Crippen molar-refractivity contribution >= 4 is 71.7 Å². The van der Waals surface area contributed by atoms with Crippen molar-refractivity contribution in [3.63, 3.8) is 0 Å². The summed E-state index contributed by atoms with van der Waals surface area (Å²) in [6.45, 7) is 31.1. The van der Waals surface area contributed by atoms with Gasteiger partial charge in [0.05, 0.1) is 110 Å². The second kappa shape index (κ2) is 43.9. The molecule has 0 unspecified atom stereocenters. The van der Waals surface area contributed by atoms with E-state index in [1.165, 1.54) is 43.9 Å². The normalized spacial score (nSPS) is 11.7. The van der Waals surface area contributed by atoms with E-state index in [9.17, 15) is 42.8 Å². The second-order valence-electron chi connectivity index (χ2n) is 23.0. The zero-order chi connectivity index (χ0) is 76.5. The molecule has 568 valence electrons. The van der Waals surface area contributed by atoms with Crippen LogP contribution in [0.1, 0.15) is 66.0 Å². The quantitative estimate of drug-likeness (QED) is 0.00552. The Morgan fingerprint density at radius 2 is 0.846 bits per heavy atom. The Kier molecular flexibility index (Phi) is 36.8. The van der Waals surface area contributed by atoms with Crippen molar-refractivity contribution in [2.75, 3.05) is 150 Å². The molecule has 33 heteroatoms. The summed E-state index contributed by atoms with van der Waals surface area (Å²) in [5.74, 6) is 0.689. The molecule has 0 bridgehead atoms. The molecule has 2 aliphatic heterocycles. The Morgan fingerprint density at radius 3 is 1.20 bits per heavy atom. The fourth-order valence-corrected chi connectivity index (χ4v) is 14.6. The maximum absolute atomic E-state index is 13.2. The molecule has 4 aromatic rings. The van der Waals surface area contributed by atoms with Gasteiger partial charge >= 0.3 is 0 Å². The first-order valence-corrected chi connectivity index (χ1v) is 40.9. The molecule has 0 saturated carbocycles. The number of sulfone groups is 1. The van der Waals surface area contributed by atoms with Crippen LogP contribution in [0.25, 0.3) is 87.7 Å². The molecule has 2 heterocycles. The van der Waals surface area contributed by atoms with Crippen LogP contribution in [-0.2, 0) is 67.5 Å². The van der Waals surface area contributed by atoms with E-state index in [0.29, 0.717) is 128 Å². The molecule has 104 heavy (non-hydrogen) atoms. The van der Waals surface area contributed by atoms with E-state index < -0.39 is 53.8 Å². The number of nitrogens with two attached hydrogens (primary N) is 1. The first kappa shape index (κ1) is 87.2. The highest BCUT2D eigenvalue weighted by molar-refractivity contribution is 8.13. The van der Waals surface area contributed by atoms with Crippen LogP contribution in [0.4, 0.5) is 0 Å². The molecule has 4 aromatic carbocycles. The molecule has 2 N–H and O–H groups in total. The minimum absolute atomic E-state index is 0.0734. The molecule has 4 aliphatic rings. The highest BCUT2D eigenvalue weighted by Crippen LogP contribution is 2.45. The summed E-state index contributed by atoms with van der Waals surface area (Å²) in [6, 6.07) is 29.2. The summed E-state index contributed by atoms with van der Waals surface area (Å²) >= 11 is 0. The van der Waals surface area contributed by atoms with Crippen LogP contribution in [0.3, 0.4) is 0 Å². The van der Waals surface area contributed by atoms with Crippen LogP contribution in [0.15, 0.2) is 148 Å². The Bertz CT molecular complexity index is 4760. The van der Waals surface area contributed by atoms with Crippen molar-refractivity contribution in [1.29, 1.82) is 0 Å². The van der Waals surface area contributed by atoms with Gasteiger partial charge in [0.25, 0.3) is 9.05 Å². The van der Waals surface area contributed by atoms with Gasteiger partial charge in [-0.15, -0.1) is 0 Å². The number of hydrogen-bond donors (Lipinski definition) is 1. The lowest BCUT2D eigenvalue weighted by Gasteiger charge is -2.20. The second-order valence-corrected chi connectivity index (χ2v) is 30.4. The summed E-state index contributed by atoms with van der Waals surface area (Å²) < 4.78 is 173. The van der Waals surface area contributed by atoms with Gasteiger partial charge in [0.2, 0.25) is 10.7 Å². The maximum Gasteiger partial charge on any atom is 0.261 e. The van der Waals surface area contributed by atoms with E-state index in [4.69, 9.17) is 64.7 Å². The average Bonchev–Trinajstić information content (AvgIpc) is 0.748. The van der Waals surface area contributed by atoms with Crippen LogP contribution in [0.5, 0.6) is 0 Å². The van der Waals surface area contributed by atoms with Crippen molar-refractivity contribution in [3.05, 3.63) is 152 Å². The number of fused-ring (bicyclic) bond motifs is 4. The monoisotopic (exact) mass is 1540 g/mol. The van der Waals surface area contributed by atoms with Crippen molar-refractivity contribution in [2.24, 2.45) is 16.0 Å². The fourth-order valence-electron chi connectivity index (χ4n) is 10.9. The molecule has 8 rings (SSSR count). The Labute approximate surface area is 613 Å². The first-order valence-electron chi connectivity index (χ1n) is 34.1. The lowest BCUT2D eigenvalue weighted by molar-refractivity contribution is 0.0162. The molecular weight excluding hydrogens is 1440 g/mol.